The molecule has 4 rings (SSSR count). The van der Waals surface area contributed by atoms with Crippen LogP contribution in [0, 0.1) is 17.8 Å². The molecule has 11 atom stereocenters. The number of carboxylic acids is 1. The number of hydrogen-bond donors (Lipinski definition) is 7. The van der Waals surface area contributed by atoms with Gasteiger partial charge >= 0.3 is 5.97 Å². The molecule has 12 heteroatoms. The van der Waals surface area contributed by atoms with Crippen LogP contribution in [0.2, 0.25) is 0 Å². The van der Waals surface area contributed by atoms with Gasteiger partial charge < -0.3 is 54.7 Å². The van der Waals surface area contributed by atoms with Crippen LogP contribution >= 0.6 is 0 Å². The van der Waals surface area contributed by atoms with E-state index in [-0.39, 0.29) is 32.5 Å². The Kier molecular flexibility index (Phi) is 7.33. The van der Waals surface area contributed by atoms with Crippen LogP contribution in [0.1, 0.15) is 32.1 Å². The van der Waals surface area contributed by atoms with Gasteiger partial charge in [-0.2, -0.15) is 0 Å². The normalized spacial score (nSPS) is 50.3. The van der Waals surface area contributed by atoms with Gasteiger partial charge in [-0.1, -0.05) is 0 Å². The zero-order valence-electron chi connectivity index (χ0n) is 18.2. The average Bonchev–Trinajstić information content (AvgIpc) is 3.02. The highest BCUT2D eigenvalue weighted by molar-refractivity contribution is 5.70. The molecule has 1 saturated carbocycles. The van der Waals surface area contributed by atoms with Crippen molar-refractivity contribution in [1.29, 1.82) is 0 Å². The molecule has 7 N–H and O–H groups in total. The first kappa shape index (κ1) is 25.2. The van der Waals surface area contributed by atoms with Crippen LogP contribution in [0.5, 0.6) is 0 Å². The Hall–Kier alpha value is -0.930. The summed E-state index contributed by atoms with van der Waals surface area (Å²) >= 11 is 0. The lowest BCUT2D eigenvalue weighted by atomic mass is 9.70. The summed E-state index contributed by atoms with van der Waals surface area (Å²) < 4.78 is 23.1. The predicted octanol–water partition coefficient (Wildman–Crippen LogP) is -2.45. The van der Waals surface area contributed by atoms with Crippen LogP contribution in [0.15, 0.2) is 0 Å². The van der Waals surface area contributed by atoms with Crippen molar-refractivity contribution in [2.24, 2.45) is 17.8 Å². The molecule has 3 heterocycles. The smallest absolute Gasteiger partial charge is 0.306 e. The third kappa shape index (κ3) is 4.42. The number of aliphatic carboxylic acids is 1. The summed E-state index contributed by atoms with van der Waals surface area (Å²) in [6.45, 7) is -1.22. The molecule has 4 fully saturated rings. The number of carboxylic acid groups (broad SMARTS) is 1. The summed E-state index contributed by atoms with van der Waals surface area (Å²) in [5.41, 5.74) is -1.78. The van der Waals surface area contributed by atoms with E-state index in [1.807, 2.05) is 0 Å². The van der Waals surface area contributed by atoms with Crippen LogP contribution < -0.4 is 0 Å². The van der Waals surface area contributed by atoms with E-state index >= 15 is 0 Å². The van der Waals surface area contributed by atoms with Crippen LogP contribution in [0.25, 0.3) is 0 Å². The number of hydrogen-bond acceptors (Lipinski definition) is 11. The van der Waals surface area contributed by atoms with Gasteiger partial charge in [0, 0.05) is 24.7 Å². The van der Waals surface area contributed by atoms with Gasteiger partial charge in [0.1, 0.15) is 17.8 Å². The Morgan fingerprint density at radius 3 is 2.48 bits per heavy atom. The lowest BCUT2D eigenvalue weighted by Crippen LogP contribution is -2.63. The Balaban J connectivity index is 1.38. The van der Waals surface area contributed by atoms with E-state index in [0.29, 0.717) is 12.8 Å². The summed E-state index contributed by atoms with van der Waals surface area (Å²) in [5.74, 6) is -4.25. The lowest BCUT2D eigenvalue weighted by molar-refractivity contribution is -0.338. The first-order valence-electron chi connectivity index (χ1n) is 11.4. The van der Waals surface area contributed by atoms with Gasteiger partial charge in [0.25, 0.3) is 0 Å². The third-order valence-corrected chi connectivity index (χ3v) is 7.76. The standard InChI is InChI=1S/C21H34O12/c22-6-16-18(26)13(24)4-17(32-16)30-7-11-8-31-21(5-14(11)25)20(29,9-23)12-2-1-10(19(27)28)3-15(12)33-21/h10-18,22-26,29H,1-9H2,(H,27,28)/t10-,11+,12-,13+,14-,15+,16+,17+,18-,20-,21-/m0/s1. The van der Waals surface area contributed by atoms with Gasteiger partial charge in [0.2, 0.25) is 5.79 Å². The average molecular weight is 478 g/mol. The molecule has 1 spiro atoms. The second kappa shape index (κ2) is 9.61. The number of rotatable bonds is 6. The van der Waals surface area contributed by atoms with E-state index < -0.39 is 85.1 Å². The van der Waals surface area contributed by atoms with Crippen LogP contribution in [0.3, 0.4) is 0 Å². The van der Waals surface area contributed by atoms with Crippen molar-refractivity contribution in [2.45, 2.75) is 80.3 Å². The first-order valence-corrected chi connectivity index (χ1v) is 11.4. The molecule has 3 aliphatic heterocycles. The molecular formula is C21H34O12. The molecule has 0 amide bonds. The summed E-state index contributed by atoms with van der Waals surface area (Å²) in [6, 6.07) is 0. The predicted molar refractivity (Wildman–Crippen MR) is 107 cm³/mol. The number of aliphatic hydroxyl groups is 6. The number of carbonyl (C=O) groups is 1. The Morgan fingerprint density at radius 1 is 1.09 bits per heavy atom. The third-order valence-electron chi connectivity index (χ3n) is 7.76. The van der Waals surface area contributed by atoms with E-state index in [9.17, 15) is 40.5 Å². The molecule has 0 aromatic rings. The second-order valence-corrected chi connectivity index (χ2v) is 9.70. The molecule has 0 aromatic carbocycles. The van der Waals surface area contributed by atoms with Crippen molar-refractivity contribution < 1.29 is 59.5 Å². The Morgan fingerprint density at radius 2 is 1.85 bits per heavy atom. The minimum atomic E-state index is -1.78. The highest BCUT2D eigenvalue weighted by Crippen LogP contribution is 2.54. The molecule has 12 nitrogen and oxygen atoms in total. The van der Waals surface area contributed by atoms with Gasteiger partial charge in [-0.05, 0) is 19.3 Å². The van der Waals surface area contributed by atoms with E-state index in [4.69, 9.17) is 18.9 Å². The van der Waals surface area contributed by atoms with Crippen LogP contribution in [-0.4, -0.2) is 116 Å². The van der Waals surface area contributed by atoms with E-state index in [0.717, 1.165) is 0 Å². The van der Waals surface area contributed by atoms with E-state index in [2.05, 4.69) is 0 Å². The minimum absolute atomic E-state index is 0.00719. The first-order chi connectivity index (χ1) is 15.6. The highest BCUT2D eigenvalue weighted by atomic mass is 16.7. The van der Waals surface area contributed by atoms with Crippen LogP contribution in [-0.2, 0) is 23.7 Å². The Bertz CT molecular complexity index is 707. The molecule has 0 unspecified atom stereocenters. The molecule has 0 bridgehead atoms. The fraction of sp³-hybridized carbons (Fsp3) is 0.952. The SMILES string of the molecule is O=C(O)[C@H]1CC[C@H]2[C@@H](C1)O[C@@]1(C[C@H](O)[C@H](CO[C@H]3C[C@@H](O)[C@H](O)[C@@H](CO)O3)CO1)[C@]2(O)CO. The van der Waals surface area contributed by atoms with Crippen molar-refractivity contribution in [2.75, 3.05) is 26.4 Å². The van der Waals surface area contributed by atoms with Gasteiger partial charge in [-0.15, -0.1) is 0 Å². The topological polar surface area (TPSA) is 196 Å². The number of fused-ring (bicyclic) bond motifs is 1. The monoisotopic (exact) mass is 478 g/mol. The summed E-state index contributed by atoms with van der Waals surface area (Å²) in [4.78, 5) is 11.4. The number of aliphatic hydroxyl groups excluding tert-OH is 5. The largest absolute Gasteiger partial charge is 0.481 e. The van der Waals surface area contributed by atoms with Gasteiger partial charge in [-0.25, -0.2) is 0 Å². The van der Waals surface area contributed by atoms with Crippen molar-refractivity contribution in [3.63, 3.8) is 0 Å². The minimum Gasteiger partial charge on any atom is -0.481 e. The van der Waals surface area contributed by atoms with Crippen LogP contribution in [0.4, 0.5) is 0 Å². The van der Waals surface area contributed by atoms with Crippen molar-refractivity contribution in [3.05, 3.63) is 0 Å². The maximum Gasteiger partial charge on any atom is 0.306 e. The van der Waals surface area contributed by atoms with Crippen molar-refractivity contribution >= 4 is 5.97 Å². The second-order valence-electron chi connectivity index (χ2n) is 9.70. The number of ether oxygens (including phenoxy) is 4. The quantitative estimate of drug-likeness (QED) is 0.213. The van der Waals surface area contributed by atoms with E-state index in [1.54, 1.807) is 0 Å². The molecule has 33 heavy (non-hydrogen) atoms. The lowest BCUT2D eigenvalue weighted by Gasteiger charge is -2.47. The summed E-state index contributed by atoms with van der Waals surface area (Å²) in [6.07, 6.45) is -5.12. The van der Waals surface area contributed by atoms with Gasteiger partial charge in [0.15, 0.2) is 6.29 Å². The molecular weight excluding hydrogens is 444 g/mol. The van der Waals surface area contributed by atoms with Gasteiger partial charge in [-0.3, -0.25) is 4.79 Å². The molecule has 190 valence electrons. The van der Waals surface area contributed by atoms with Gasteiger partial charge in [0.05, 0.1) is 50.7 Å². The Labute approximate surface area is 190 Å². The molecule has 0 aromatic heterocycles. The molecule has 1 aliphatic carbocycles. The maximum atomic E-state index is 11.4. The summed E-state index contributed by atoms with van der Waals surface area (Å²) in [7, 11) is 0. The molecule has 0 radical (unpaired) electrons. The van der Waals surface area contributed by atoms with Crippen molar-refractivity contribution in [1.82, 2.24) is 0 Å². The van der Waals surface area contributed by atoms with E-state index in [1.165, 1.54) is 0 Å². The zero-order chi connectivity index (χ0) is 24.0. The fourth-order valence-corrected chi connectivity index (χ4v) is 5.70. The molecule has 4 aliphatic rings. The fourth-order valence-electron chi connectivity index (χ4n) is 5.70. The maximum absolute atomic E-state index is 11.4. The zero-order valence-corrected chi connectivity index (χ0v) is 18.2. The molecule has 3 saturated heterocycles. The summed E-state index contributed by atoms with van der Waals surface area (Å²) in [5, 5.41) is 70.6. The highest BCUT2D eigenvalue weighted by Gasteiger charge is 2.68. The van der Waals surface area contributed by atoms with Crippen molar-refractivity contribution in [3.8, 4) is 0 Å².